The van der Waals surface area contributed by atoms with Crippen LogP contribution in [0.25, 0.3) is 0 Å². The predicted molar refractivity (Wildman–Crippen MR) is 54.8 cm³/mol. The van der Waals surface area contributed by atoms with E-state index in [1.54, 1.807) is 18.7 Å². The van der Waals surface area contributed by atoms with E-state index in [-0.39, 0.29) is 6.10 Å². The number of carbonyl (C=O) groups is 1. The van der Waals surface area contributed by atoms with Gasteiger partial charge in [-0.15, -0.1) is 0 Å². The summed E-state index contributed by atoms with van der Waals surface area (Å²) in [4.78, 5) is 15.5. The highest BCUT2D eigenvalue weighted by atomic mass is 16.5. The molecular formula is C10H15N3O3. The second kappa shape index (κ2) is 3.86. The zero-order valence-corrected chi connectivity index (χ0v) is 9.38. The predicted octanol–water partition coefficient (Wildman–Crippen LogP) is 0.237. The Morgan fingerprint density at radius 1 is 1.81 bits per heavy atom. The van der Waals surface area contributed by atoms with Crippen LogP contribution in [0, 0.1) is 5.41 Å². The van der Waals surface area contributed by atoms with E-state index < -0.39 is 11.4 Å². The zero-order valence-electron chi connectivity index (χ0n) is 9.38. The lowest BCUT2D eigenvalue weighted by atomic mass is 9.78. The van der Waals surface area contributed by atoms with E-state index in [1.807, 2.05) is 0 Å². The fraction of sp³-hybridized carbons (Fsp3) is 0.700. The summed E-state index contributed by atoms with van der Waals surface area (Å²) in [7, 11) is 1.76. The Morgan fingerprint density at radius 3 is 3.00 bits per heavy atom. The average molecular weight is 225 g/mol. The summed E-state index contributed by atoms with van der Waals surface area (Å²) in [6.45, 7) is 2.29. The van der Waals surface area contributed by atoms with Crippen LogP contribution >= 0.6 is 0 Å². The molecule has 1 fully saturated rings. The quantitative estimate of drug-likeness (QED) is 0.797. The molecule has 2 unspecified atom stereocenters. The highest BCUT2D eigenvalue weighted by molar-refractivity contribution is 5.76. The molecule has 1 aromatic heterocycles. The van der Waals surface area contributed by atoms with Gasteiger partial charge in [0.05, 0.1) is 6.10 Å². The summed E-state index contributed by atoms with van der Waals surface area (Å²) in [6.07, 6.45) is 2.03. The molecule has 1 aliphatic heterocycles. The third kappa shape index (κ3) is 1.59. The van der Waals surface area contributed by atoms with Crippen LogP contribution in [0.2, 0.25) is 0 Å². The molecule has 0 aromatic carbocycles. The van der Waals surface area contributed by atoms with E-state index in [1.165, 1.54) is 6.33 Å². The number of ether oxygens (including phenoxy) is 1. The Labute approximate surface area is 93.2 Å². The van der Waals surface area contributed by atoms with Gasteiger partial charge in [0.1, 0.15) is 17.6 Å². The molecule has 0 aliphatic carbocycles. The molecule has 88 valence electrons. The molecule has 0 saturated carbocycles. The van der Waals surface area contributed by atoms with Gasteiger partial charge in [-0.05, 0) is 13.3 Å². The molecule has 6 heteroatoms. The number of rotatable bonds is 3. The van der Waals surface area contributed by atoms with E-state index in [2.05, 4.69) is 10.1 Å². The normalized spacial score (nSPS) is 29.5. The highest BCUT2D eigenvalue weighted by Gasteiger charge is 2.49. The van der Waals surface area contributed by atoms with Crippen molar-refractivity contribution in [2.45, 2.75) is 25.9 Å². The fourth-order valence-corrected chi connectivity index (χ4v) is 2.13. The molecule has 16 heavy (non-hydrogen) atoms. The van der Waals surface area contributed by atoms with Crippen LogP contribution in [0.15, 0.2) is 6.33 Å². The summed E-state index contributed by atoms with van der Waals surface area (Å²) in [6, 6.07) is 0. The largest absolute Gasteiger partial charge is 0.481 e. The minimum Gasteiger partial charge on any atom is -0.481 e. The molecule has 2 atom stereocenters. The number of carboxylic acid groups (broad SMARTS) is 1. The van der Waals surface area contributed by atoms with Gasteiger partial charge in [-0.3, -0.25) is 9.48 Å². The monoisotopic (exact) mass is 225 g/mol. The van der Waals surface area contributed by atoms with Crippen LogP contribution in [-0.2, 0) is 23.0 Å². The average Bonchev–Trinajstić information content (AvgIpc) is 2.77. The molecule has 2 rings (SSSR count). The van der Waals surface area contributed by atoms with E-state index in [0.717, 1.165) is 0 Å². The summed E-state index contributed by atoms with van der Waals surface area (Å²) in [5.41, 5.74) is -0.860. The van der Waals surface area contributed by atoms with Crippen LogP contribution in [0.4, 0.5) is 0 Å². The Balaban J connectivity index is 2.28. The maximum absolute atomic E-state index is 11.4. The van der Waals surface area contributed by atoms with Crippen molar-refractivity contribution in [2.75, 3.05) is 6.61 Å². The molecule has 1 aliphatic rings. The molecule has 1 N–H and O–H groups in total. The molecule has 2 heterocycles. The minimum atomic E-state index is -0.860. The van der Waals surface area contributed by atoms with Gasteiger partial charge in [0.25, 0.3) is 0 Å². The smallest absolute Gasteiger partial charge is 0.312 e. The van der Waals surface area contributed by atoms with Crippen LogP contribution in [-0.4, -0.2) is 38.6 Å². The third-order valence-electron chi connectivity index (χ3n) is 3.40. The first kappa shape index (κ1) is 11.1. The summed E-state index contributed by atoms with van der Waals surface area (Å²) >= 11 is 0. The van der Waals surface area contributed by atoms with Crippen molar-refractivity contribution >= 4 is 5.97 Å². The molecule has 1 aromatic rings. The third-order valence-corrected chi connectivity index (χ3v) is 3.40. The molecular weight excluding hydrogens is 210 g/mol. The van der Waals surface area contributed by atoms with E-state index >= 15 is 0 Å². The maximum atomic E-state index is 11.4. The van der Waals surface area contributed by atoms with E-state index in [9.17, 15) is 9.90 Å². The van der Waals surface area contributed by atoms with Gasteiger partial charge in [0, 0.05) is 20.1 Å². The molecule has 0 radical (unpaired) electrons. The fourth-order valence-electron chi connectivity index (χ4n) is 2.13. The Hall–Kier alpha value is -1.43. The van der Waals surface area contributed by atoms with Gasteiger partial charge >= 0.3 is 5.97 Å². The first-order valence-corrected chi connectivity index (χ1v) is 5.24. The van der Waals surface area contributed by atoms with Crippen molar-refractivity contribution in [1.82, 2.24) is 14.8 Å². The van der Waals surface area contributed by atoms with Crippen molar-refractivity contribution in [1.29, 1.82) is 0 Å². The van der Waals surface area contributed by atoms with Crippen LogP contribution in [0.5, 0.6) is 0 Å². The summed E-state index contributed by atoms with van der Waals surface area (Å²) in [5.74, 6) is -0.139. The van der Waals surface area contributed by atoms with Crippen LogP contribution < -0.4 is 0 Å². The highest BCUT2D eigenvalue weighted by Crippen LogP contribution is 2.38. The second-order valence-corrected chi connectivity index (χ2v) is 4.20. The first-order chi connectivity index (χ1) is 7.56. The second-order valence-electron chi connectivity index (χ2n) is 4.20. The Morgan fingerprint density at radius 2 is 2.56 bits per heavy atom. The van der Waals surface area contributed by atoms with Crippen molar-refractivity contribution in [3.8, 4) is 0 Å². The van der Waals surface area contributed by atoms with Crippen molar-refractivity contribution in [3.63, 3.8) is 0 Å². The molecule has 1 saturated heterocycles. The summed E-state index contributed by atoms with van der Waals surface area (Å²) in [5, 5.41) is 13.3. The van der Waals surface area contributed by atoms with Crippen molar-refractivity contribution in [3.05, 3.63) is 12.2 Å². The van der Waals surface area contributed by atoms with Crippen molar-refractivity contribution in [2.24, 2.45) is 12.5 Å². The lowest BCUT2D eigenvalue weighted by Gasteiger charge is -2.26. The number of carboxylic acids is 1. The van der Waals surface area contributed by atoms with Crippen LogP contribution in [0.3, 0.4) is 0 Å². The zero-order chi connectivity index (χ0) is 11.8. The Bertz CT molecular complexity index is 404. The minimum absolute atomic E-state index is 0.290. The van der Waals surface area contributed by atoms with Gasteiger partial charge in [-0.1, -0.05) is 0 Å². The van der Waals surface area contributed by atoms with Gasteiger partial charge in [-0.2, -0.15) is 5.10 Å². The number of aryl methyl sites for hydroxylation is 1. The number of aliphatic carboxylic acids is 1. The number of aromatic nitrogens is 3. The molecule has 0 amide bonds. The lowest BCUT2D eigenvalue weighted by Crippen LogP contribution is -2.40. The van der Waals surface area contributed by atoms with Gasteiger partial charge in [0.2, 0.25) is 0 Å². The Kier molecular flexibility index (Phi) is 2.67. The molecule has 0 bridgehead atoms. The van der Waals surface area contributed by atoms with Gasteiger partial charge < -0.3 is 9.84 Å². The standard InChI is InChI=1S/C10H15N3O3/c1-7-10(9(14)15,3-4-16-7)5-8-11-6-12-13(8)2/h6-7H,3-5H2,1-2H3,(H,14,15). The molecule has 0 spiro atoms. The van der Waals surface area contributed by atoms with Gasteiger partial charge in [0.15, 0.2) is 0 Å². The summed E-state index contributed by atoms with van der Waals surface area (Å²) < 4.78 is 6.99. The number of hydrogen-bond donors (Lipinski definition) is 1. The maximum Gasteiger partial charge on any atom is 0.312 e. The van der Waals surface area contributed by atoms with E-state index in [4.69, 9.17) is 4.74 Å². The number of nitrogens with zero attached hydrogens (tertiary/aromatic N) is 3. The SMILES string of the molecule is CC1OCCC1(Cc1ncnn1C)C(=O)O. The number of hydrogen-bond acceptors (Lipinski definition) is 4. The lowest BCUT2D eigenvalue weighted by molar-refractivity contribution is -0.152. The van der Waals surface area contributed by atoms with Crippen molar-refractivity contribution < 1.29 is 14.6 Å². The molecule has 6 nitrogen and oxygen atoms in total. The van der Waals surface area contributed by atoms with Crippen LogP contribution in [0.1, 0.15) is 19.2 Å². The van der Waals surface area contributed by atoms with Gasteiger partial charge in [-0.25, -0.2) is 4.98 Å². The topological polar surface area (TPSA) is 77.2 Å². The van der Waals surface area contributed by atoms with E-state index in [0.29, 0.717) is 25.3 Å². The first-order valence-electron chi connectivity index (χ1n) is 5.24.